The SMILES string of the molecule is CN1CC2NCCC1CC2(F)F. The fraction of sp³-hybridized carbons (Fsp3) is 1.00. The highest BCUT2D eigenvalue weighted by molar-refractivity contribution is 4.98. The maximum atomic E-state index is 13.2. The molecule has 3 fully saturated rings. The molecule has 3 rings (SSSR count). The number of fused-ring (bicyclic) bond motifs is 4. The van der Waals surface area contributed by atoms with Crippen LogP contribution in [0.15, 0.2) is 0 Å². The van der Waals surface area contributed by atoms with Crippen molar-refractivity contribution in [1.29, 1.82) is 0 Å². The lowest BCUT2D eigenvalue weighted by Crippen LogP contribution is -2.56. The molecule has 2 nitrogen and oxygen atoms in total. The van der Waals surface area contributed by atoms with Crippen molar-refractivity contribution < 1.29 is 8.78 Å². The van der Waals surface area contributed by atoms with E-state index in [2.05, 4.69) is 5.32 Å². The molecule has 1 N–H and O–H groups in total. The van der Waals surface area contributed by atoms with Gasteiger partial charge in [-0.2, -0.15) is 0 Å². The second-order valence-electron chi connectivity index (χ2n) is 3.85. The standard InChI is InChI=1S/C8H14F2N2/c1-12-5-7-8(9,10)4-6(12)2-3-11-7/h6-7,11H,2-5H2,1H3. The summed E-state index contributed by atoms with van der Waals surface area (Å²) >= 11 is 0. The van der Waals surface area contributed by atoms with Gasteiger partial charge in [-0.15, -0.1) is 0 Å². The molecule has 0 radical (unpaired) electrons. The summed E-state index contributed by atoms with van der Waals surface area (Å²) in [4.78, 5) is 2.04. The third-order valence-electron chi connectivity index (χ3n) is 2.98. The molecule has 0 aromatic heterocycles. The summed E-state index contributed by atoms with van der Waals surface area (Å²) in [5.41, 5.74) is 0. The fourth-order valence-electron chi connectivity index (χ4n) is 2.14. The van der Waals surface area contributed by atoms with E-state index in [0.29, 0.717) is 6.54 Å². The molecular weight excluding hydrogens is 162 g/mol. The molecule has 0 aliphatic carbocycles. The van der Waals surface area contributed by atoms with Crippen LogP contribution in [0.3, 0.4) is 0 Å². The predicted molar refractivity (Wildman–Crippen MR) is 42.4 cm³/mol. The Morgan fingerprint density at radius 3 is 3.00 bits per heavy atom. The molecule has 3 aliphatic heterocycles. The van der Waals surface area contributed by atoms with Gasteiger partial charge in [0.1, 0.15) is 0 Å². The summed E-state index contributed by atoms with van der Waals surface area (Å²) in [5, 5.41) is 2.90. The van der Waals surface area contributed by atoms with Gasteiger partial charge in [0, 0.05) is 19.0 Å². The van der Waals surface area contributed by atoms with Crippen molar-refractivity contribution >= 4 is 0 Å². The highest BCUT2D eigenvalue weighted by Gasteiger charge is 2.48. The van der Waals surface area contributed by atoms with Gasteiger partial charge in [-0.1, -0.05) is 0 Å². The zero-order valence-corrected chi connectivity index (χ0v) is 7.19. The highest BCUT2D eigenvalue weighted by atomic mass is 19.3. The maximum Gasteiger partial charge on any atom is 0.265 e. The van der Waals surface area contributed by atoms with Crippen LogP contribution >= 0.6 is 0 Å². The van der Waals surface area contributed by atoms with Gasteiger partial charge in [0.15, 0.2) is 0 Å². The number of likely N-dealkylation sites (N-methyl/N-ethyl adjacent to an activating group) is 1. The van der Waals surface area contributed by atoms with E-state index in [4.69, 9.17) is 0 Å². The molecule has 2 atom stereocenters. The number of halogens is 2. The monoisotopic (exact) mass is 176 g/mol. The van der Waals surface area contributed by atoms with Crippen LogP contribution in [0.1, 0.15) is 12.8 Å². The molecule has 0 aromatic carbocycles. The number of alkyl halides is 2. The minimum absolute atomic E-state index is 0.0289. The molecule has 0 spiro atoms. The lowest BCUT2D eigenvalue weighted by molar-refractivity contribution is -0.0877. The summed E-state index contributed by atoms with van der Waals surface area (Å²) in [6, 6.07) is -0.549. The summed E-state index contributed by atoms with van der Waals surface area (Å²) in [7, 11) is 1.93. The fourth-order valence-corrected chi connectivity index (χ4v) is 2.14. The molecule has 3 heterocycles. The molecule has 0 amide bonds. The summed E-state index contributed by atoms with van der Waals surface area (Å²) < 4.78 is 26.5. The molecular formula is C8H14F2N2. The Labute approximate surface area is 70.9 Å². The van der Waals surface area contributed by atoms with Crippen LogP contribution in [0, 0.1) is 0 Å². The molecule has 3 aliphatic rings. The molecule has 2 bridgehead atoms. The number of hydrogen-bond donors (Lipinski definition) is 1. The summed E-state index contributed by atoms with van der Waals surface area (Å²) in [5.74, 6) is -2.49. The van der Waals surface area contributed by atoms with E-state index in [9.17, 15) is 8.78 Å². The topological polar surface area (TPSA) is 15.3 Å². The Bertz CT molecular complexity index is 184. The Balaban J connectivity index is 2.20. The number of hydrogen-bond acceptors (Lipinski definition) is 2. The smallest absolute Gasteiger partial charge is 0.265 e. The zero-order chi connectivity index (χ0) is 8.77. The first-order chi connectivity index (χ1) is 5.59. The van der Waals surface area contributed by atoms with Gasteiger partial charge in [-0.25, -0.2) is 8.78 Å². The van der Waals surface area contributed by atoms with Crippen LogP contribution < -0.4 is 5.32 Å². The van der Waals surface area contributed by atoms with Crippen molar-refractivity contribution in [2.75, 3.05) is 20.1 Å². The molecule has 70 valence electrons. The van der Waals surface area contributed by atoms with E-state index in [1.807, 2.05) is 11.9 Å². The van der Waals surface area contributed by atoms with Crippen molar-refractivity contribution in [1.82, 2.24) is 10.2 Å². The van der Waals surface area contributed by atoms with Crippen LogP contribution in [-0.2, 0) is 0 Å². The van der Waals surface area contributed by atoms with E-state index in [1.54, 1.807) is 0 Å². The number of nitrogens with one attached hydrogen (secondary N) is 1. The summed E-state index contributed by atoms with van der Waals surface area (Å²) in [6.45, 7) is 1.22. The normalized spacial score (nSPS) is 41.2. The lowest BCUT2D eigenvalue weighted by atomic mass is 9.96. The van der Waals surface area contributed by atoms with Gasteiger partial charge >= 0.3 is 0 Å². The largest absolute Gasteiger partial charge is 0.308 e. The second kappa shape index (κ2) is 2.64. The van der Waals surface area contributed by atoms with E-state index in [0.717, 1.165) is 13.0 Å². The molecule has 0 saturated carbocycles. The third kappa shape index (κ3) is 1.23. The Kier molecular flexibility index (Phi) is 1.84. The summed E-state index contributed by atoms with van der Waals surface area (Å²) in [6.07, 6.45) is 0.879. The van der Waals surface area contributed by atoms with E-state index in [-0.39, 0.29) is 12.5 Å². The average Bonchev–Trinajstić information content (AvgIpc) is 2.19. The first kappa shape index (κ1) is 8.38. The first-order valence-electron chi connectivity index (χ1n) is 4.41. The molecule has 4 heteroatoms. The van der Waals surface area contributed by atoms with E-state index >= 15 is 0 Å². The van der Waals surface area contributed by atoms with Gasteiger partial charge < -0.3 is 10.2 Å². The van der Waals surface area contributed by atoms with Gasteiger partial charge in [0.25, 0.3) is 5.92 Å². The van der Waals surface area contributed by atoms with Crippen molar-refractivity contribution in [2.45, 2.75) is 30.8 Å². The van der Waals surface area contributed by atoms with Crippen LogP contribution in [0.5, 0.6) is 0 Å². The van der Waals surface area contributed by atoms with Crippen LogP contribution in [-0.4, -0.2) is 43.0 Å². The number of rotatable bonds is 0. The van der Waals surface area contributed by atoms with Gasteiger partial charge in [-0.3, -0.25) is 0 Å². The van der Waals surface area contributed by atoms with Crippen molar-refractivity contribution in [3.63, 3.8) is 0 Å². The lowest BCUT2D eigenvalue weighted by Gasteiger charge is -2.38. The molecule has 3 saturated heterocycles. The van der Waals surface area contributed by atoms with Crippen LogP contribution in [0.25, 0.3) is 0 Å². The first-order valence-corrected chi connectivity index (χ1v) is 4.41. The van der Waals surface area contributed by atoms with Gasteiger partial charge in [0.05, 0.1) is 6.04 Å². The van der Waals surface area contributed by atoms with E-state index in [1.165, 1.54) is 0 Å². The van der Waals surface area contributed by atoms with Crippen molar-refractivity contribution in [2.24, 2.45) is 0 Å². The number of nitrogens with zero attached hydrogens (tertiary/aromatic N) is 1. The quantitative estimate of drug-likeness (QED) is 0.584. The molecule has 2 unspecified atom stereocenters. The molecule has 12 heavy (non-hydrogen) atoms. The maximum absolute atomic E-state index is 13.2. The van der Waals surface area contributed by atoms with Crippen LogP contribution in [0.2, 0.25) is 0 Å². The van der Waals surface area contributed by atoms with Crippen molar-refractivity contribution in [3.8, 4) is 0 Å². The Hall–Kier alpha value is -0.220. The Morgan fingerprint density at radius 1 is 1.50 bits per heavy atom. The minimum atomic E-state index is -2.49. The zero-order valence-electron chi connectivity index (χ0n) is 7.19. The van der Waals surface area contributed by atoms with E-state index < -0.39 is 12.0 Å². The van der Waals surface area contributed by atoms with Crippen LogP contribution in [0.4, 0.5) is 8.78 Å². The Morgan fingerprint density at radius 2 is 2.25 bits per heavy atom. The third-order valence-corrected chi connectivity index (χ3v) is 2.98. The molecule has 0 aromatic rings. The minimum Gasteiger partial charge on any atom is -0.308 e. The van der Waals surface area contributed by atoms with Gasteiger partial charge in [0.2, 0.25) is 0 Å². The number of piperidine rings is 1. The predicted octanol–water partition coefficient (Wildman–Crippen LogP) is 0.688. The highest BCUT2D eigenvalue weighted by Crippen LogP contribution is 2.34. The van der Waals surface area contributed by atoms with Crippen molar-refractivity contribution in [3.05, 3.63) is 0 Å². The van der Waals surface area contributed by atoms with Gasteiger partial charge in [-0.05, 0) is 20.0 Å². The average molecular weight is 176 g/mol. The second-order valence-corrected chi connectivity index (χ2v) is 3.85.